The van der Waals surface area contributed by atoms with E-state index in [0.717, 1.165) is 5.75 Å². The first-order chi connectivity index (χ1) is 9.27. The summed E-state index contributed by atoms with van der Waals surface area (Å²) in [5.41, 5.74) is 0. The van der Waals surface area contributed by atoms with Crippen molar-refractivity contribution >= 4 is 11.8 Å². The van der Waals surface area contributed by atoms with Crippen LogP contribution in [0.4, 0.5) is 0 Å². The summed E-state index contributed by atoms with van der Waals surface area (Å²) in [7, 11) is 0. The fourth-order valence-corrected chi connectivity index (χ4v) is 3.22. The van der Waals surface area contributed by atoms with E-state index in [1.165, 1.54) is 82.8 Å². The Labute approximate surface area is 125 Å². The van der Waals surface area contributed by atoms with Crippen LogP contribution in [0.1, 0.15) is 90.9 Å². The summed E-state index contributed by atoms with van der Waals surface area (Å²) in [6.45, 7) is 4.15. The van der Waals surface area contributed by atoms with Gasteiger partial charge >= 0.3 is 0 Å². The highest BCUT2D eigenvalue weighted by molar-refractivity contribution is 7.99. The summed E-state index contributed by atoms with van der Waals surface area (Å²) in [5.74, 6) is 2.13. The SMILES string of the molecule is CCCCCCCCCCCCCCSCC(C)O. The largest absolute Gasteiger partial charge is 0.393 e. The first kappa shape index (κ1) is 19.3. The number of rotatable bonds is 15. The van der Waals surface area contributed by atoms with Crippen LogP contribution in [0, 0.1) is 0 Å². The molecule has 1 N–H and O–H groups in total. The van der Waals surface area contributed by atoms with Crippen LogP contribution in [0.15, 0.2) is 0 Å². The monoisotopic (exact) mass is 288 g/mol. The molecule has 0 aliphatic heterocycles. The molecule has 0 aromatic carbocycles. The van der Waals surface area contributed by atoms with Crippen LogP contribution >= 0.6 is 11.8 Å². The zero-order valence-corrected chi connectivity index (χ0v) is 14.1. The smallest absolute Gasteiger partial charge is 0.0602 e. The van der Waals surface area contributed by atoms with Gasteiger partial charge in [0.05, 0.1) is 6.10 Å². The van der Waals surface area contributed by atoms with Crippen molar-refractivity contribution < 1.29 is 5.11 Å². The van der Waals surface area contributed by atoms with Crippen LogP contribution < -0.4 is 0 Å². The van der Waals surface area contributed by atoms with Crippen molar-refractivity contribution in [1.82, 2.24) is 0 Å². The maximum Gasteiger partial charge on any atom is 0.0602 e. The molecular formula is C17H36OS. The van der Waals surface area contributed by atoms with Crippen LogP contribution in [0.2, 0.25) is 0 Å². The Bertz CT molecular complexity index is 159. The minimum absolute atomic E-state index is 0.137. The highest BCUT2D eigenvalue weighted by Crippen LogP contribution is 2.13. The van der Waals surface area contributed by atoms with Crippen LogP contribution in [0.5, 0.6) is 0 Å². The van der Waals surface area contributed by atoms with Gasteiger partial charge in [0.2, 0.25) is 0 Å². The van der Waals surface area contributed by atoms with Gasteiger partial charge in [0.1, 0.15) is 0 Å². The topological polar surface area (TPSA) is 20.2 Å². The lowest BCUT2D eigenvalue weighted by atomic mass is 10.1. The van der Waals surface area contributed by atoms with E-state index in [9.17, 15) is 0 Å². The molecule has 19 heavy (non-hydrogen) atoms. The lowest BCUT2D eigenvalue weighted by Crippen LogP contribution is -2.03. The van der Waals surface area contributed by atoms with E-state index in [1.54, 1.807) is 0 Å². The fraction of sp³-hybridized carbons (Fsp3) is 1.00. The van der Waals surface area contributed by atoms with Gasteiger partial charge in [-0.3, -0.25) is 0 Å². The third-order valence-electron chi connectivity index (χ3n) is 3.50. The zero-order chi connectivity index (χ0) is 14.2. The highest BCUT2D eigenvalue weighted by atomic mass is 32.2. The second-order valence-electron chi connectivity index (χ2n) is 5.81. The zero-order valence-electron chi connectivity index (χ0n) is 13.3. The Morgan fingerprint density at radius 3 is 1.58 bits per heavy atom. The summed E-state index contributed by atoms with van der Waals surface area (Å²) in [6, 6.07) is 0. The van der Waals surface area contributed by atoms with E-state index in [1.807, 2.05) is 18.7 Å². The summed E-state index contributed by atoms with van der Waals surface area (Å²) in [4.78, 5) is 0. The van der Waals surface area contributed by atoms with Gasteiger partial charge in [-0.05, 0) is 19.1 Å². The van der Waals surface area contributed by atoms with E-state index < -0.39 is 0 Å². The molecule has 0 aromatic rings. The molecular weight excluding hydrogens is 252 g/mol. The molecule has 0 heterocycles. The molecule has 0 aromatic heterocycles. The molecule has 1 nitrogen and oxygen atoms in total. The van der Waals surface area contributed by atoms with Crippen molar-refractivity contribution in [3.63, 3.8) is 0 Å². The maximum absolute atomic E-state index is 9.12. The Hall–Kier alpha value is 0.310. The molecule has 0 saturated heterocycles. The summed E-state index contributed by atoms with van der Waals surface area (Å²) < 4.78 is 0. The van der Waals surface area contributed by atoms with E-state index >= 15 is 0 Å². The fourth-order valence-electron chi connectivity index (χ4n) is 2.30. The van der Waals surface area contributed by atoms with Crippen LogP contribution in [0.3, 0.4) is 0 Å². The number of aliphatic hydroxyl groups is 1. The summed E-state index contributed by atoms with van der Waals surface area (Å²) >= 11 is 1.89. The Balaban J connectivity index is 2.91. The molecule has 0 amide bonds. The number of aliphatic hydroxyl groups excluding tert-OH is 1. The van der Waals surface area contributed by atoms with Gasteiger partial charge in [-0.2, -0.15) is 11.8 Å². The van der Waals surface area contributed by atoms with Crippen LogP contribution in [0.25, 0.3) is 0 Å². The van der Waals surface area contributed by atoms with Crippen molar-refractivity contribution in [3.05, 3.63) is 0 Å². The van der Waals surface area contributed by atoms with Gasteiger partial charge in [0, 0.05) is 5.75 Å². The molecule has 0 saturated carbocycles. The number of hydrogen-bond acceptors (Lipinski definition) is 2. The summed E-state index contributed by atoms with van der Waals surface area (Å²) in [6.07, 6.45) is 16.9. The first-order valence-corrected chi connectivity index (χ1v) is 9.68. The molecule has 0 radical (unpaired) electrons. The average molecular weight is 289 g/mol. The average Bonchev–Trinajstić information content (AvgIpc) is 2.39. The predicted molar refractivity (Wildman–Crippen MR) is 90.1 cm³/mol. The Morgan fingerprint density at radius 1 is 0.737 bits per heavy atom. The van der Waals surface area contributed by atoms with Gasteiger partial charge < -0.3 is 5.11 Å². The van der Waals surface area contributed by atoms with Gasteiger partial charge in [-0.25, -0.2) is 0 Å². The van der Waals surface area contributed by atoms with Gasteiger partial charge in [0.15, 0.2) is 0 Å². The molecule has 1 unspecified atom stereocenters. The molecule has 116 valence electrons. The third-order valence-corrected chi connectivity index (χ3v) is 4.80. The van der Waals surface area contributed by atoms with Gasteiger partial charge in [0.25, 0.3) is 0 Å². The van der Waals surface area contributed by atoms with Crippen molar-refractivity contribution in [2.75, 3.05) is 11.5 Å². The van der Waals surface area contributed by atoms with Gasteiger partial charge in [-0.15, -0.1) is 0 Å². The van der Waals surface area contributed by atoms with E-state index in [2.05, 4.69) is 6.92 Å². The highest BCUT2D eigenvalue weighted by Gasteiger charge is 1.96. The molecule has 0 aliphatic carbocycles. The minimum atomic E-state index is -0.137. The van der Waals surface area contributed by atoms with E-state index in [4.69, 9.17) is 5.11 Å². The molecule has 2 heteroatoms. The molecule has 0 aliphatic rings. The lowest BCUT2D eigenvalue weighted by molar-refractivity contribution is 0.220. The van der Waals surface area contributed by atoms with Crippen molar-refractivity contribution in [1.29, 1.82) is 0 Å². The number of thioether (sulfide) groups is 1. The van der Waals surface area contributed by atoms with E-state index in [0.29, 0.717) is 0 Å². The van der Waals surface area contributed by atoms with Crippen molar-refractivity contribution in [2.24, 2.45) is 0 Å². The quantitative estimate of drug-likeness (QED) is 0.384. The van der Waals surface area contributed by atoms with Gasteiger partial charge in [-0.1, -0.05) is 77.6 Å². The normalized spacial score (nSPS) is 12.8. The Morgan fingerprint density at radius 2 is 1.16 bits per heavy atom. The van der Waals surface area contributed by atoms with Crippen LogP contribution in [-0.2, 0) is 0 Å². The molecule has 0 bridgehead atoms. The summed E-state index contributed by atoms with van der Waals surface area (Å²) in [5, 5.41) is 9.12. The van der Waals surface area contributed by atoms with E-state index in [-0.39, 0.29) is 6.10 Å². The number of unbranched alkanes of at least 4 members (excludes halogenated alkanes) is 11. The third kappa shape index (κ3) is 18.3. The van der Waals surface area contributed by atoms with Crippen molar-refractivity contribution in [2.45, 2.75) is 97.0 Å². The second-order valence-corrected chi connectivity index (χ2v) is 6.96. The predicted octanol–water partition coefficient (Wildman–Crippen LogP) is 5.80. The second kappa shape index (κ2) is 16.4. The standard InChI is InChI=1S/C17H36OS/c1-3-4-5-6-7-8-9-10-11-12-13-14-15-19-16-17(2)18/h17-18H,3-16H2,1-2H3. The molecule has 0 fully saturated rings. The van der Waals surface area contributed by atoms with Crippen LogP contribution in [-0.4, -0.2) is 22.7 Å². The first-order valence-electron chi connectivity index (χ1n) is 8.53. The number of hydrogen-bond donors (Lipinski definition) is 1. The minimum Gasteiger partial charge on any atom is -0.393 e. The molecule has 0 rings (SSSR count). The van der Waals surface area contributed by atoms with Crippen molar-refractivity contribution in [3.8, 4) is 0 Å². The Kier molecular flexibility index (Phi) is 16.6. The lowest BCUT2D eigenvalue weighted by Gasteiger charge is -2.04. The molecule has 0 spiro atoms. The molecule has 1 atom stereocenters. The maximum atomic E-state index is 9.12.